The first-order valence-corrected chi connectivity index (χ1v) is 25.6. The number of rotatable bonds is 45. The molecule has 0 aliphatic heterocycles. The molecule has 0 heterocycles. The molecule has 0 aromatic carbocycles. The summed E-state index contributed by atoms with van der Waals surface area (Å²) in [5, 5.41) is 0. The van der Waals surface area contributed by atoms with Gasteiger partial charge in [-0.05, 0) is 77.0 Å². The Balaban J connectivity index is 4.49. The lowest BCUT2D eigenvalue weighted by Gasteiger charge is -2.18. The van der Waals surface area contributed by atoms with Gasteiger partial charge in [-0.25, -0.2) is 0 Å². The Morgan fingerprint density at radius 3 is 1.21 bits per heavy atom. The maximum Gasteiger partial charge on any atom is 0.306 e. The molecule has 0 N–H and O–H groups in total. The minimum Gasteiger partial charge on any atom is -0.462 e. The topological polar surface area (TPSA) is 78.9 Å². The summed E-state index contributed by atoms with van der Waals surface area (Å²) in [5.74, 6) is -0.969. The third-order valence-electron chi connectivity index (χ3n) is 10.7. The summed E-state index contributed by atoms with van der Waals surface area (Å²) in [7, 11) is 0. The fourth-order valence-electron chi connectivity index (χ4n) is 6.85. The molecule has 0 aliphatic rings. The van der Waals surface area contributed by atoms with E-state index >= 15 is 0 Å². The molecule has 6 nitrogen and oxygen atoms in total. The Kier molecular flexibility index (Phi) is 47.5. The number of carbonyl (C=O) groups excluding carboxylic acids is 3. The molecule has 0 rings (SSSR count). The van der Waals surface area contributed by atoms with Crippen molar-refractivity contribution in [3.8, 4) is 0 Å². The molecule has 0 fully saturated rings. The van der Waals surface area contributed by atoms with Crippen LogP contribution in [0.15, 0.2) is 85.1 Å². The summed E-state index contributed by atoms with van der Waals surface area (Å²) < 4.78 is 16.7. The number of carbonyl (C=O) groups is 3. The van der Waals surface area contributed by atoms with E-state index in [1.54, 1.807) is 0 Å². The first-order valence-electron chi connectivity index (χ1n) is 25.6. The largest absolute Gasteiger partial charge is 0.462 e. The Morgan fingerprint density at radius 2 is 0.710 bits per heavy atom. The van der Waals surface area contributed by atoms with Gasteiger partial charge < -0.3 is 14.2 Å². The minimum atomic E-state index is -0.803. The zero-order valence-corrected chi connectivity index (χ0v) is 40.4. The van der Waals surface area contributed by atoms with Crippen molar-refractivity contribution in [2.75, 3.05) is 13.2 Å². The van der Waals surface area contributed by atoms with Crippen LogP contribution in [0.4, 0.5) is 0 Å². The summed E-state index contributed by atoms with van der Waals surface area (Å²) in [5.41, 5.74) is 0. The second-order valence-electron chi connectivity index (χ2n) is 16.8. The molecule has 354 valence electrons. The van der Waals surface area contributed by atoms with Crippen molar-refractivity contribution >= 4 is 17.9 Å². The van der Waals surface area contributed by atoms with Crippen LogP contribution in [0.1, 0.15) is 233 Å². The number of hydrogen-bond donors (Lipinski definition) is 0. The van der Waals surface area contributed by atoms with E-state index in [2.05, 4.69) is 106 Å². The zero-order valence-electron chi connectivity index (χ0n) is 40.4. The van der Waals surface area contributed by atoms with Gasteiger partial charge in [0.05, 0.1) is 0 Å². The van der Waals surface area contributed by atoms with E-state index in [4.69, 9.17) is 14.2 Å². The van der Waals surface area contributed by atoms with Crippen LogP contribution in [0.3, 0.4) is 0 Å². The highest BCUT2D eigenvalue weighted by Gasteiger charge is 2.19. The van der Waals surface area contributed by atoms with Gasteiger partial charge in [0.2, 0.25) is 0 Å². The van der Waals surface area contributed by atoms with Crippen LogP contribution in [-0.2, 0) is 28.6 Å². The van der Waals surface area contributed by atoms with E-state index in [0.717, 1.165) is 83.5 Å². The molecule has 0 bridgehead atoms. The van der Waals surface area contributed by atoms with Gasteiger partial charge in [0.1, 0.15) is 13.2 Å². The highest BCUT2D eigenvalue weighted by Crippen LogP contribution is 2.14. The third-order valence-corrected chi connectivity index (χ3v) is 10.7. The standard InChI is InChI=1S/C56H94O6/c1-4-7-10-13-16-19-22-25-27-28-30-31-34-37-40-43-46-49-55(58)61-52-53(51-60-54(57)48-45-42-39-36-33-24-21-18-15-12-9-6-3)62-56(59)50-47-44-41-38-35-32-29-26-23-20-17-14-11-8-5-2/h8,11,14,16-17,19-20,23,25,27,30-31,37,40,53H,4-7,9-10,12-13,15,18,21-22,24,26,28-29,32-36,38-39,41-52H2,1-3H3/b11-8-,17-14-,19-16-,23-20-,27-25-,31-30-,40-37-. The lowest BCUT2D eigenvalue weighted by Crippen LogP contribution is -2.30. The summed E-state index contributed by atoms with van der Waals surface area (Å²) in [6.07, 6.45) is 64.2. The SMILES string of the molecule is CC\C=C/C=C\C=C/CCCCCCCCCC(=O)OC(COC(=O)CCC/C=C\C/C=C\C/C=C\C/C=C\CCCCC)COC(=O)CCCCCCCCCCCCCC. The third kappa shape index (κ3) is 47.6. The van der Waals surface area contributed by atoms with E-state index in [-0.39, 0.29) is 37.5 Å². The quantitative estimate of drug-likeness (QED) is 0.0199. The predicted molar refractivity (Wildman–Crippen MR) is 265 cm³/mol. The summed E-state index contributed by atoms with van der Waals surface area (Å²) >= 11 is 0. The molecule has 0 amide bonds. The molecule has 0 aromatic heterocycles. The second-order valence-corrected chi connectivity index (χ2v) is 16.8. The van der Waals surface area contributed by atoms with Gasteiger partial charge in [0.25, 0.3) is 0 Å². The van der Waals surface area contributed by atoms with Crippen molar-refractivity contribution < 1.29 is 28.6 Å². The Labute approximate surface area is 382 Å². The van der Waals surface area contributed by atoms with Crippen LogP contribution < -0.4 is 0 Å². The van der Waals surface area contributed by atoms with E-state index < -0.39 is 6.10 Å². The van der Waals surface area contributed by atoms with Crippen LogP contribution in [0, 0.1) is 0 Å². The molecule has 1 unspecified atom stereocenters. The van der Waals surface area contributed by atoms with Gasteiger partial charge in [-0.15, -0.1) is 0 Å². The average Bonchev–Trinajstić information content (AvgIpc) is 3.27. The predicted octanol–water partition coefficient (Wildman–Crippen LogP) is 16.8. The Morgan fingerprint density at radius 1 is 0.355 bits per heavy atom. The van der Waals surface area contributed by atoms with Crippen LogP contribution >= 0.6 is 0 Å². The molecule has 6 heteroatoms. The van der Waals surface area contributed by atoms with Crippen LogP contribution in [0.5, 0.6) is 0 Å². The zero-order chi connectivity index (χ0) is 45.1. The van der Waals surface area contributed by atoms with Crippen molar-refractivity contribution in [2.45, 2.75) is 239 Å². The van der Waals surface area contributed by atoms with Crippen LogP contribution in [-0.4, -0.2) is 37.2 Å². The highest BCUT2D eigenvalue weighted by atomic mass is 16.6. The normalized spacial score (nSPS) is 12.8. The first-order chi connectivity index (χ1) is 30.5. The van der Waals surface area contributed by atoms with Crippen molar-refractivity contribution in [1.82, 2.24) is 0 Å². The number of unbranched alkanes of at least 4 members (excludes halogenated alkanes) is 22. The van der Waals surface area contributed by atoms with E-state index in [1.807, 2.05) is 0 Å². The van der Waals surface area contributed by atoms with Gasteiger partial charge in [-0.2, -0.15) is 0 Å². The van der Waals surface area contributed by atoms with Crippen molar-refractivity contribution in [1.29, 1.82) is 0 Å². The van der Waals surface area contributed by atoms with Crippen LogP contribution in [0.25, 0.3) is 0 Å². The molecule has 0 saturated heterocycles. The summed E-state index contributed by atoms with van der Waals surface area (Å²) in [6, 6.07) is 0. The molecule has 0 radical (unpaired) electrons. The molecule has 0 aliphatic carbocycles. The lowest BCUT2D eigenvalue weighted by atomic mass is 10.0. The average molecular weight is 863 g/mol. The smallest absolute Gasteiger partial charge is 0.306 e. The molecular weight excluding hydrogens is 769 g/mol. The number of allylic oxidation sites excluding steroid dienone is 14. The molecular formula is C56H94O6. The van der Waals surface area contributed by atoms with Gasteiger partial charge in [-0.3, -0.25) is 14.4 Å². The van der Waals surface area contributed by atoms with E-state index in [0.29, 0.717) is 19.3 Å². The molecule has 62 heavy (non-hydrogen) atoms. The molecule has 1 atom stereocenters. The monoisotopic (exact) mass is 863 g/mol. The van der Waals surface area contributed by atoms with E-state index in [9.17, 15) is 14.4 Å². The van der Waals surface area contributed by atoms with Crippen molar-refractivity contribution in [3.05, 3.63) is 85.1 Å². The maximum atomic E-state index is 12.8. The fraction of sp³-hybridized carbons (Fsp3) is 0.696. The number of hydrogen-bond acceptors (Lipinski definition) is 6. The van der Waals surface area contributed by atoms with Crippen molar-refractivity contribution in [2.24, 2.45) is 0 Å². The van der Waals surface area contributed by atoms with Gasteiger partial charge >= 0.3 is 17.9 Å². The second kappa shape index (κ2) is 50.2. The van der Waals surface area contributed by atoms with Gasteiger partial charge in [0, 0.05) is 19.3 Å². The Bertz CT molecular complexity index is 1220. The summed E-state index contributed by atoms with van der Waals surface area (Å²) in [4.78, 5) is 37.9. The van der Waals surface area contributed by atoms with Crippen molar-refractivity contribution in [3.63, 3.8) is 0 Å². The number of ether oxygens (including phenoxy) is 3. The van der Waals surface area contributed by atoms with Crippen LogP contribution in [0.2, 0.25) is 0 Å². The fourth-order valence-corrected chi connectivity index (χ4v) is 6.85. The Hall–Kier alpha value is -3.41. The lowest BCUT2D eigenvalue weighted by molar-refractivity contribution is -0.167. The highest BCUT2D eigenvalue weighted by molar-refractivity contribution is 5.71. The van der Waals surface area contributed by atoms with E-state index in [1.165, 1.54) is 103 Å². The first kappa shape index (κ1) is 58.6. The van der Waals surface area contributed by atoms with Gasteiger partial charge in [-0.1, -0.05) is 221 Å². The summed E-state index contributed by atoms with van der Waals surface area (Å²) in [6.45, 7) is 6.41. The maximum absolute atomic E-state index is 12.8. The molecule has 0 spiro atoms. The minimum absolute atomic E-state index is 0.0975. The number of esters is 3. The van der Waals surface area contributed by atoms with Gasteiger partial charge in [0.15, 0.2) is 6.10 Å². The molecule has 0 saturated carbocycles. The molecule has 0 aromatic rings.